The minimum Gasteiger partial charge on any atom is -0.389 e. The largest absolute Gasteiger partial charge is 0.389 e. The van der Waals surface area contributed by atoms with Gasteiger partial charge in [-0.1, -0.05) is 12.1 Å². The van der Waals surface area contributed by atoms with Gasteiger partial charge >= 0.3 is 0 Å². The second-order valence-electron chi connectivity index (χ2n) is 5.84. The van der Waals surface area contributed by atoms with Crippen LogP contribution in [0.5, 0.6) is 0 Å². The molecule has 2 rings (SSSR count). The predicted molar refractivity (Wildman–Crippen MR) is 82.5 cm³/mol. The smallest absolute Gasteiger partial charge is 0.243 e. The molecular formula is C15H24N2O3S. The zero-order valence-electron chi connectivity index (χ0n) is 12.9. The van der Waals surface area contributed by atoms with Crippen LogP contribution in [-0.2, 0) is 10.0 Å². The molecule has 1 saturated heterocycles. The first-order valence-electron chi connectivity index (χ1n) is 7.27. The number of hydrogen-bond acceptors (Lipinski definition) is 4. The lowest BCUT2D eigenvalue weighted by molar-refractivity contribution is 0.196. The molecule has 1 atom stereocenters. The Morgan fingerprint density at radius 2 is 1.71 bits per heavy atom. The Morgan fingerprint density at radius 3 is 2.14 bits per heavy atom. The summed E-state index contributed by atoms with van der Waals surface area (Å²) in [5.41, 5.74) is 0.722. The fraction of sp³-hybridized carbons (Fsp3) is 0.600. The Kier molecular flexibility index (Phi) is 5.03. The van der Waals surface area contributed by atoms with Crippen molar-refractivity contribution in [3.63, 3.8) is 0 Å². The van der Waals surface area contributed by atoms with Crippen LogP contribution in [0.3, 0.4) is 0 Å². The van der Waals surface area contributed by atoms with Gasteiger partial charge in [0.25, 0.3) is 0 Å². The summed E-state index contributed by atoms with van der Waals surface area (Å²) < 4.78 is 26.7. The van der Waals surface area contributed by atoms with Crippen LogP contribution < -0.4 is 0 Å². The molecule has 1 fully saturated rings. The van der Waals surface area contributed by atoms with Gasteiger partial charge in [0.15, 0.2) is 0 Å². The Bertz CT molecular complexity index is 559. The van der Waals surface area contributed by atoms with E-state index in [0.29, 0.717) is 24.0 Å². The molecule has 21 heavy (non-hydrogen) atoms. The molecule has 0 bridgehead atoms. The number of hydrogen-bond donors (Lipinski definition) is 1. The SMILES string of the molecule is CC(O)c1ccc(S(=O)(=O)N2CCC(N(C)C)CC2)cc1. The molecule has 1 aliphatic rings. The summed E-state index contributed by atoms with van der Waals surface area (Å²) in [6, 6.07) is 6.95. The van der Waals surface area contributed by atoms with E-state index in [1.54, 1.807) is 35.5 Å². The lowest BCUT2D eigenvalue weighted by atomic mass is 10.1. The summed E-state index contributed by atoms with van der Waals surface area (Å²) in [4.78, 5) is 2.46. The fourth-order valence-corrected chi connectivity index (χ4v) is 4.14. The third-order valence-electron chi connectivity index (χ3n) is 4.15. The fourth-order valence-electron chi connectivity index (χ4n) is 2.67. The average molecular weight is 312 g/mol. The molecule has 0 aromatic heterocycles. The summed E-state index contributed by atoms with van der Waals surface area (Å²) in [7, 11) is 0.642. The number of rotatable bonds is 4. The predicted octanol–water partition coefficient (Wildman–Crippen LogP) is 1.45. The minimum atomic E-state index is -3.42. The molecule has 0 saturated carbocycles. The van der Waals surface area contributed by atoms with E-state index in [-0.39, 0.29) is 0 Å². The second kappa shape index (κ2) is 6.44. The average Bonchev–Trinajstić information content (AvgIpc) is 2.47. The summed E-state index contributed by atoms with van der Waals surface area (Å²) in [5.74, 6) is 0. The summed E-state index contributed by atoms with van der Waals surface area (Å²) in [6.45, 7) is 2.78. The zero-order chi connectivity index (χ0) is 15.6. The zero-order valence-corrected chi connectivity index (χ0v) is 13.7. The van der Waals surface area contributed by atoms with Crippen molar-refractivity contribution in [2.75, 3.05) is 27.2 Å². The number of piperidine rings is 1. The molecule has 0 amide bonds. The first-order valence-corrected chi connectivity index (χ1v) is 8.71. The quantitative estimate of drug-likeness (QED) is 0.914. The van der Waals surface area contributed by atoms with Gasteiger partial charge in [0, 0.05) is 19.1 Å². The number of nitrogens with zero attached hydrogens (tertiary/aromatic N) is 2. The van der Waals surface area contributed by atoms with E-state index in [9.17, 15) is 13.5 Å². The standard InChI is InChI=1S/C15H24N2O3S/c1-12(18)13-4-6-15(7-5-13)21(19,20)17-10-8-14(9-11-17)16(2)3/h4-7,12,14,18H,8-11H2,1-3H3. The van der Waals surface area contributed by atoms with Gasteiger partial charge < -0.3 is 10.0 Å². The molecule has 1 aromatic rings. The van der Waals surface area contributed by atoms with Crippen LogP contribution in [0.15, 0.2) is 29.2 Å². The molecule has 1 heterocycles. The van der Waals surface area contributed by atoms with E-state index in [4.69, 9.17) is 0 Å². The summed E-state index contributed by atoms with van der Waals surface area (Å²) >= 11 is 0. The van der Waals surface area contributed by atoms with Crippen LogP contribution in [0.25, 0.3) is 0 Å². The van der Waals surface area contributed by atoms with E-state index in [0.717, 1.165) is 18.4 Å². The minimum absolute atomic E-state index is 0.301. The van der Waals surface area contributed by atoms with Crippen molar-refractivity contribution in [3.8, 4) is 0 Å². The normalized spacial score (nSPS) is 19.9. The van der Waals surface area contributed by atoms with Crippen LogP contribution in [0.2, 0.25) is 0 Å². The maximum atomic E-state index is 12.6. The van der Waals surface area contributed by atoms with Gasteiger partial charge in [0.1, 0.15) is 0 Å². The first kappa shape index (κ1) is 16.4. The van der Waals surface area contributed by atoms with E-state index in [1.165, 1.54) is 0 Å². The topological polar surface area (TPSA) is 60.9 Å². The highest BCUT2D eigenvalue weighted by Gasteiger charge is 2.29. The van der Waals surface area contributed by atoms with Gasteiger partial charge in [-0.25, -0.2) is 8.42 Å². The van der Waals surface area contributed by atoms with Gasteiger partial charge in [-0.2, -0.15) is 4.31 Å². The molecule has 0 radical (unpaired) electrons. The Hall–Kier alpha value is -0.950. The van der Waals surface area contributed by atoms with Crippen LogP contribution >= 0.6 is 0 Å². The lowest BCUT2D eigenvalue weighted by Gasteiger charge is -2.34. The van der Waals surface area contributed by atoms with Gasteiger partial charge in [-0.05, 0) is 51.6 Å². The van der Waals surface area contributed by atoms with Crippen molar-refractivity contribution in [1.82, 2.24) is 9.21 Å². The van der Waals surface area contributed by atoms with E-state index in [2.05, 4.69) is 4.90 Å². The van der Waals surface area contributed by atoms with Crippen LogP contribution in [0, 0.1) is 0 Å². The van der Waals surface area contributed by atoms with Crippen LogP contribution in [0.4, 0.5) is 0 Å². The Labute approximate surface area is 127 Å². The first-order chi connectivity index (χ1) is 9.82. The Balaban J connectivity index is 2.12. The van der Waals surface area contributed by atoms with Gasteiger partial charge in [-0.15, -0.1) is 0 Å². The second-order valence-corrected chi connectivity index (χ2v) is 7.78. The molecule has 0 aliphatic carbocycles. The molecule has 6 heteroatoms. The van der Waals surface area contributed by atoms with Gasteiger partial charge in [0.2, 0.25) is 10.0 Å². The summed E-state index contributed by atoms with van der Waals surface area (Å²) in [5, 5.41) is 9.48. The molecule has 1 unspecified atom stereocenters. The maximum Gasteiger partial charge on any atom is 0.243 e. The van der Waals surface area contributed by atoms with Crippen molar-refractivity contribution in [2.24, 2.45) is 0 Å². The van der Waals surface area contributed by atoms with Crippen molar-refractivity contribution >= 4 is 10.0 Å². The molecular weight excluding hydrogens is 288 g/mol. The van der Waals surface area contributed by atoms with Gasteiger partial charge in [-0.3, -0.25) is 0 Å². The molecule has 0 spiro atoms. The monoisotopic (exact) mass is 312 g/mol. The third-order valence-corrected chi connectivity index (χ3v) is 6.07. The highest BCUT2D eigenvalue weighted by atomic mass is 32.2. The molecule has 118 valence electrons. The van der Waals surface area contributed by atoms with E-state index >= 15 is 0 Å². The van der Waals surface area contributed by atoms with E-state index in [1.807, 2.05) is 14.1 Å². The number of aliphatic hydroxyl groups excluding tert-OH is 1. The molecule has 1 N–H and O–H groups in total. The maximum absolute atomic E-state index is 12.6. The van der Waals surface area contributed by atoms with Gasteiger partial charge in [0.05, 0.1) is 11.0 Å². The van der Waals surface area contributed by atoms with Crippen LogP contribution in [-0.4, -0.2) is 56.0 Å². The van der Waals surface area contributed by atoms with Crippen LogP contribution in [0.1, 0.15) is 31.4 Å². The number of sulfonamides is 1. The van der Waals surface area contributed by atoms with Crippen molar-refractivity contribution in [2.45, 2.75) is 36.8 Å². The highest BCUT2D eigenvalue weighted by molar-refractivity contribution is 7.89. The molecule has 5 nitrogen and oxygen atoms in total. The number of benzene rings is 1. The Morgan fingerprint density at radius 1 is 1.19 bits per heavy atom. The lowest BCUT2D eigenvalue weighted by Crippen LogP contribution is -2.44. The highest BCUT2D eigenvalue weighted by Crippen LogP contribution is 2.23. The number of aliphatic hydroxyl groups is 1. The summed E-state index contributed by atoms with van der Waals surface area (Å²) in [6.07, 6.45) is 1.13. The van der Waals surface area contributed by atoms with E-state index < -0.39 is 16.1 Å². The third kappa shape index (κ3) is 3.63. The van der Waals surface area contributed by atoms with Crippen molar-refractivity contribution in [1.29, 1.82) is 0 Å². The molecule has 1 aliphatic heterocycles. The van der Waals surface area contributed by atoms with Crippen molar-refractivity contribution < 1.29 is 13.5 Å². The molecule has 1 aromatic carbocycles. The van der Waals surface area contributed by atoms with Crippen molar-refractivity contribution in [3.05, 3.63) is 29.8 Å².